The van der Waals surface area contributed by atoms with Crippen molar-refractivity contribution in [1.82, 2.24) is 10.6 Å². The zero-order chi connectivity index (χ0) is 21.7. The highest BCUT2D eigenvalue weighted by molar-refractivity contribution is 7.17. The molecule has 1 aromatic heterocycles. The van der Waals surface area contributed by atoms with Crippen LogP contribution in [0.2, 0.25) is 0 Å². The molecule has 10 nitrogen and oxygen atoms in total. The van der Waals surface area contributed by atoms with E-state index in [0.717, 1.165) is 36.1 Å². The second-order valence-corrected chi connectivity index (χ2v) is 8.00. The summed E-state index contributed by atoms with van der Waals surface area (Å²) >= 11 is 1.35. The zero-order valence-electron chi connectivity index (χ0n) is 16.5. The van der Waals surface area contributed by atoms with Crippen molar-refractivity contribution in [3.05, 3.63) is 16.0 Å². The number of nitrogens with one attached hydrogen (secondary N) is 3. The molecule has 4 amide bonds. The Morgan fingerprint density at radius 3 is 2.63 bits per heavy atom. The number of imide groups is 1. The van der Waals surface area contributed by atoms with Gasteiger partial charge in [0.25, 0.3) is 11.8 Å². The molecule has 3 rings (SSSR count). The Kier molecular flexibility index (Phi) is 7.03. The van der Waals surface area contributed by atoms with Gasteiger partial charge in [-0.25, -0.2) is 9.59 Å². The first kappa shape index (κ1) is 21.8. The molecule has 0 spiro atoms. The molecule has 1 fully saturated rings. The van der Waals surface area contributed by atoms with Crippen LogP contribution < -0.4 is 16.0 Å². The number of hydrogen-bond donors (Lipinski definition) is 3. The fourth-order valence-electron chi connectivity index (χ4n) is 3.38. The van der Waals surface area contributed by atoms with Crippen LogP contribution >= 0.6 is 11.3 Å². The zero-order valence-corrected chi connectivity index (χ0v) is 17.3. The van der Waals surface area contributed by atoms with Crippen molar-refractivity contribution in [2.24, 2.45) is 0 Å². The third-order valence-electron chi connectivity index (χ3n) is 4.76. The Balaban J connectivity index is 1.54. The minimum absolute atomic E-state index is 0.0721. The molecule has 0 radical (unpaired) electrons. The van der Waals surface area contributed by atoms with Crippen LogP contribution in [-0.4, -0.2) is 49.0 Å². The smallest absolute Gasteiger partial charge is 0.341 e. The Labute approximate surface area is 176 Å². The maximum absolute atomic E-state index is 12.4. The molecule has 2 heterocycles. The van der Waals surface area contributed by atoms with Gasteiger partial charge >= 0.3 is 18.0 Å². The van der Waals surface area contributed by atoms with Crippen LogP contribution in [0.3, 0.4) is 0 Å². The summed E-state index contributed by atoms with van der Waals surface area (Å²) in [5, 5.41) is 7.51. The van der Waals surface area contributed by atoms with Crippen molar-refractivity contribution in [2.75, 3.05) is 18.5 Å². The van der Waals surface area contributed by atoms with Gasteiger partial charge in [0.2, 0.25) is 0 Å². The van der Waals surface area contributed by atoms with Gasteiger partial charge < -0.3 is 20.1 Å². The molecule has 0 aromatic carbocycles. The Morgan fingerprint density at radius 2 is 1.93 bits per heavy atom. The third-order valence-corrected chi connectivity index (χ3v) is 5.97. The molecule has 11 heteroatoms. The third kappa shape index (κ3) is 5.15. The SMILES string of the molecule is CCOC(=O)c1c(NC(=O)COC(=O)CC[C@H]2NC(=O)NC2=O)sc2c1CCCC2. The second-order valence-electron chi connectivity index (χ2n) is 6.90. The lowest BCUT2D eigenvalue weighted by Gasteiger charge is -2.12. The number of carbonyl (C=O) groups excluding carboxylic acids is 5. The molecule has 0 saturated carbocycles. The normalized spacial score (nSPS) is 17.6. The van der Waals surface area contributed by atoms with Crippen molar-refractivity contribution >= 4 is 46.1 Å². The van der Waals surface area contributed by atoms with E-state index in [1.54, 1.807) is 6.92 Å². The number of carbonyl (C=O) groups is 5. The average Bonchev–Trinajstić information content (AvgIpc) is 3.23. The highest BCUT2D eigenvalue weighted by Gasteiger charge is 2.30. The van der Waals surface area contributed by atoms with Gasteiger partial charge in [0, 0.05) is 11.3 Å². The second kappa shape index (κ2) is 9.70. The predicted molar refractivity (Wildman–Crippen MR) is 106 cm³/mol. The molecule has 3 N–H and O–H groups in total. The van der Waals surface area contributed by atoms with E-state index in [1.165, 1.54) is 11.3 Å². The first-order valence-electron chi connectivity index (χ1n) is 9.77. The van der Waals surface area contributed by atoms with Crippen molar-refractivity contribution in [2.45, 2.75) is 51.5 Å². The van der Waals surface area contributed by atoms with E-state index in [4.69, 9.17) is 9.47 Å². The first-order valence-corrected chi connectivity index (χ1v) is 10.6. The lowest BCUT2D eigenvalue weighted by molar-refractivity contribution is -0.147. The van der Waals surface area contributed by atoms with Gasteiger partial charge in [0.05, 0.1) is 12.2 Å². The Hall–Kier alpha value is -2.95. The fourth-order valence-corrected chi connectivity index (χ4v) is 4.67. The molecule has 30 heavy (non-hydrogen) atoms. The number of aryl methyl sites for hydroxylation is 1. The number of thiophene rings is 1. The predicted octanol–water partition coefficient (Wildman–Crippen LogP) is 1.27. The lowest BCUT2D eigenvalue weighted by atomic mass is 9.95. The number of hydrogen-bond acceptors (Lipinski definition) is 8. The van der Waals surface area contributed by atoms with Crippen LogP contribution in [0.25, 0.3) is 0 Å². The largest absolute Gasteiger partial charge is 0.462 e. The van der Waals surface area contributed by atoms with Crippen molar-refractivity contribution in [1.29, 1.82) is 0 Å². The van der Waals surface area contributed by atoms with Crippen LogP contribution in [0, 0.1) is 0 Å². The van der Waals surface area contributed by atoms with Gasteiger partial charge in [-0.15, -0.1) is 11.3 Å². The van der Waals surface area contributed by atoms with Crippen molar-refractivity contribution in [3.63, 3.8) is 0 Å². The molecule has 1 aliphatic heterocycles. The van der Waals surface area contributed by atoms with Crippen molar-refractivity contribution < 1.29 is 33.4 Å². The number of esters is 2. The van der Waals surface area contributed by atoms with E-state index in [9.17, 15) is 24.0 Å². The average molecular weight is 437 g/mol. The topological polar surface area (TPSA) is 140 Å². The van der Waals surface area contributed by atoms with E-state index >= 15 is 0 Å². The Bertz CT molecular complexity index is 880. The number of amides is 4. The summed E-state index contributed by atoms with van der Waals surface area (Å²) in [5.74, 6) is -2.21. The summed E-state index contributed by atoms with van der Waals surface area (Å²) in [6, 6.07) is -1.39. The van der Waals surface area contributed by atoms with E-state index in [-0.39, 0.29) is 19.4 Å². The molecular formula is C19H23N3O7S. The maximum Gasteiger partial charge on any atom is 0.341 e. The Morgan fingerprint density at radius 1 is 1.17 bits per heavy atom. The van der Waals surface area contributed by atoms with Gasteiger partial charge in [-0.05, 0) is 44.6 Å². The van der Waals surface area contributed by atoms with E-state index in [2.05, 4.69) is 16.0 Å². The highest BCUT2D eigenvalue weighted by atomic mass is 32.1. The van der Waals surface area contributed by atoms with Crippen LogP contribution in [-0.2, 0) is 36.7 Å². The summed E-state index contributed by atoms with van der Waals surface area (Å²) in [6.07, 6.45) is 3.55. The van der Waals surface area contributed by atoms with E-state index in [0.29, 0.717) is 10.6 Å². The number of fused-ring (bicyclic) bond motifs is 1. The fraction of sp³-hybridized carbons (Fsp3) is 0.526. The van der Waals surface area contributed by atoms with E-state index < -0.39 is 42.4 Å². The van der Waals surface area contributed by atoms with Crippen molar-refractivity contribution in [3.8, 4) is 0 Å². The molecule has 0 bridgehead atoms. The van der Waals surface area contributed by atoms with Gasteiger partial charge in [-0.2, -0.15) is 0 Å². The standard InChI is InChI=1S/C19H23N3O7S/c1-2-28-18(26)15-10-5-3-4-6-12(10)30-17(15)21-13(23)9-29-14(24)8-7-11-16(25)22-19(27)20-11/h11H,2-9H2,1H3,(H,21,23)(H2,20,22,25,27)/t11-/m1/s1. The summed E-state index contributed by atoms with van der Waals surface area (Å²) in [7, 11) is 0. The summed E-state index contributed by atoms with van der Waals surface area (Å²) in [4.78, 5) is 60.0. The van der Waals surface area contributed by atoms with Crippen LogP contribution in [0.1, 0.15) is 53.4 Å². The van der Waals surface area contributed by atoms with Gasteiger partial charge in [0.15, 0.2) is 6.61 Å². The van der Waals surface area contributed by atoms with Gasteiger partial charge in [0.1, 0.15) is 11.0 Å². The number of anilines is 1. The van der Waals surface area contributed by atoms with Gasteiger partial charge in [-0.1, -0.05) is 0 Å². The quantitative estimate of drug-likeness (QED) is 0.411. The molecule has 1 aromatic rings. The van der Waals surface area contributed by atoms with E-state index in [1.807, 2.05) is 0 Å². The maximum atomic E-state index is 12.4. The van der Waals surface area contributed by atoms with Crippen LogP contribution in [0.15, 0.2) is 0 Å². The summed E-state index contributed by atoms with van der Waals surface area (Å²) in [5.41, 5.74) is 1.31. The number of rotatable bonds is 8. The number of urea groups is 1. The minimum atomic E-state index is -0.788. The molecule has 0 unspecified atom stereocenters. The first-order chi connectivity index (χ1) is 14.4. The summed E-state index contributed by atoms with van der Waals surface area (Å²) in [6.45, 7) is 1.43. The monoisotopic (exact) mass is 437 g/mol. The molecule has 1 aliphatic carbocycles. The number of ether oxygens (including phenoxy) is 2. The lowest BCUT2D eigenvalue weighted by Crippen LogP contribution is -2.30. The molecule has 1 saturated heterocycles. The molecule has 1 atom stereocenters. The van der Waals surface area contributed by atoms with Crippen LogP contribution in [0.4, 0.5) is 9.80 Å². The van der Waals surface area contributed by atoms with Crippen LogP contribution in [0.5, 0.6) is 0 Å². The summed E-state index contributed by atoms with van der Waals surface area (Å²) < 4.78 is 10.1. The van der Waals surface area contributed by atoms with Gasteiger partial charge in [-0.3, -0.25) is 19.7 Å². The molecule has 2 aliphatic rings. The highest BCUT2D eigenvalue weighted by Crippen LogP contribution is 2.38. The molecule has 162 valence electrons. The molecular weight excluding hydrogens is 414 g/mol. The minimum Gasteiger partial charge on any atom is -0.462 e.